The number of carbonyl (C=O) groups is 1. The Kier molecular flexibility index (Phi) is 7.05. The summed E-state index contributed by atoms with van der Waals surface area (Å²) in [5.41, 5.74) is 3.38. The first-order valence-corrected chi connectivity index (χ1v) is 12.8. The number of piperazine rings is 1. The Morgan fingerprint density at radius 3 is 2.67 bits per heavy atom. The Bertz CT molecular complexity index is 1170. The summed E-state index contributed by atoms with van der Waals surface area (Å²) in [6.45, 7) is 5.60. The normalized spacial score (nSPS) is 21.8. The summed E-state index contributed by atoms with van der Waals surface area (Å²) in [6.07, 6.45) is 4.16. The number of carbonyl (C=O) groups excluding carboxylic acids is 1. The molecule has 1 N–H and O–H groups in total. The molecule has 0 saturated carbocycles. The molecule has 2 fully saturated rings. The molecule has 0 unspecified atom stereocenters. The van der Waals surface area contributed by atoms with E-state index in [0.29, 0.717) is 38.2 Å². The van der Waals surface area contributed by atoms with Crippen molar-refractivity contribution in [2.75, 3.05) is 55.6 Å². The number of para-hydroxylation sites is 1. The second-order valence-corrected chi connectivity index (χ2v) is 9.91. The average Bonchev–Trinajstić information content (AvgIpc) is 2.92. The Hall–Kier alpha value is -3.64. The number of nitrogens with zero attached hydrogens (tertiary/aromatic N) is 5. The third-order valence-corrected chi connectivity index (χ3v) is 7.78. The van der Waals surface area contributed by atoms with Gasteiger partial charge in [0.25, 0.3) is 5.69 Å². The highest BCUT2D eigenvalue weighted by molar-refractivity contribution is 5.82. The molecule has 0 radical (unpaired) electrons. The van der Waals surface area contributed by atoms with Crippen LogP contribution in [0.2, 0.25) is 0 Å². The van der Waals surface area contributed by atoms with Crippen LogP contribution in [0.1, 0.15) is 30.4 Å². The van der Waals surface area contributed by atoms with Crippen molar-refractivity contribution in [2.24, 2.45) is 5.92 Å². The van der Waals surface area contributed by atoms with Gasteiger partial charge in [0.1, 0.15) is 6.07 Å². The molecule has 3 aliphatic rings. The summed E-state index contributed by atoms with van der Waals surface area (Å²) in [5.74, 6) is -0.340. The minimum absolute atomic E-state index is 0.00501. The van der Waals surface area contributed by atoms with E-state index in [9.17, 15) is 20.2 Å². The van der Waals surface area contributed by atoms with Gasteiger partial charge in [-0.3, -0.25) is 14.9 Å². The molecule has 2 atom stereocenters. The monoisotopic (exact) mass is 488 g/mol. The fourth-order valence-corrected chi connectivity index (χ4v) is 5.94. The van der Waals surface area contributed by atoms with Crippen molar-refractivity contribution >= 4 is 23.0 Å². The van der Waals surface area contributed by atoms with Crippen molar-refractivity contribution in [3.8, 4) is 6.07 Å². The molecule has 1 amide bonds. The minimum atomic E-state index is -0.378. The van der Waals surface area contributed by atoms with Crippen LogP contribution in [0.3, 0.4) is 0 Å². The van der Waals surface area contributed by atoms with Crippen molar-refractivity contribution in [2.45, 2.75) is 31.7 Å². The van der Waals surface area contributed by atoms with Crippen LogP contribution < -0.4 is 15.1 Å². The Morgan fingerprint density at radius 2 is 1.89 bits per heavy atom. The van der Waals surface area contributed by atoms with Crippen LogP contribution >= 0.6 is 0 Å². The summed E-state index contributed by atoms with van der Waals surface area (Å²) < 4.78 is 0. The number of hydrogen-bond donors (Lipinski definition) is 1. The molecule has 2 aromatic rings. The van der Waals surface area contributed by atoms with Crippen LogP contribution in [-0.2, 0) is 11.2 Å². The standard InChI is InChI=1S/C27H32N6O3/c28-18-20-6-2-3-7-24(20)31-14-15-32-25-9-8-22(33(35)36)16-21(25)17-23(26(32)19-31)27(34)29-10-13-30-11-4-1-5-12-30/h2-3,6-9,16,23,26H,1,4-5,10-15,17,19H2,(H,29,34)/t23-,26+/m1/s1. The SMILES string of the molecule is N#Cc1ccccc1N1CCN2c3ccc([N+](=O)[O-])cc3C[C@@H](C(=O)NCCN3CCCCC3)[C@@H]2C1. The van der Waals surface area contributed by atoms with Crippen LogP contribution in [0.5, 0.6) is 0 Å². The molecule has 3 heterocycles. The highest BCUT2D eigenvalue weighted by atomic mass is 16.6. The van der Waals surface area contributed by atoms with E-state index in [1.807, 2.05) is 30.3 Å². The van der Waals surface area contributed by atoms with E-state index in [2.05, 4.69) is 26.1 Å². The van der Waals surface area contributed by atoms with Crippen molar-refractivity contribution in [3.63, 3.8) is 0 Å². The fraction of sp³-hybridized carbons (Fsp3) is 0.481. The number of amides is 1. The van der Waals surface area contributed by atoms with E-state index in [0.717, 1.165) is 36.6 Å². The molecule has 9 heteroatoms. The number of nitriles is 1. The highest BCUT2D eigenvalue weighted by Crippen LogP contribution is 2.39. The smallest absolute Gasteiger partial charge is 0.269 e. The van der Waals surface area contributed by atoms with Gasteiger partial charge in [0, 0.05) is 50.5 Å². The number of nitro benzene ring substituents is 1. The predicted molar refractivity (Wildman–Crippen MR) is 138 cm³/mol. The lowest BCUT2D eigenvalue weighted by Gasteiger charge is -2.49. The molecule has 2 saturated heterocycles. The summed E-state index contributed by atoms with van der Waals surface area (Å²) in [6, 6.07) is 14.8. The molecule has 9 nitrogen and oxygen atoms in total. The van der Waals surface area contributed by atoms with Gasteiger partial charge in [-0.05, 0) is 56.1 Å². The number of benzene rings is 2. The third kappa shape index (κ3) is 4.86. The lowest BCUT2D eigenvalue weighted by molar-refractivity contribution is -0.384. The zero-order chi connectivity index (χ0) is 25.1. The molecule has 2 aromatic carbocycles. The maximum absolute atomic E-state index is 13.5. The molecule has 3 aliphatic heterocycles. The number of anilines is 2. The molecule has 36 heavy (non-hydrogen) atoms. The quantitative estimate of drug-likeness (QED) is 0.492. The Labute approximate surface area is 211 Å². The second-order valence-electron chi connectivity index (χ2n) is 9.91. The number of piperidine rings is 1. The summed E-state index contributed by atoms with van der Waals surface area (Å²) >= 11 is 0. The van der Waals surface area contributed by atoms with Crippen LogP contribution in [0.25, 0.3) is 0 Å². The lowest BCUT2D eigenvalue weighted by Crippen LogP contribution is -2.61. The fourth-order valence-electron chi connectivity index (χ4n) is 5.94. The van der Waals surface area contributed by atoms with Gasteiger partial charge in [-0.25, -0.2) is 0 Å². The highest BCUT2D eigenvalue weighted by Gasteiger charge is 2.42. The van der Waals surface area contributed by atoms with Crippen LogP contribution in [-0.4, -0.2) is 67.6 Å². The van der Waals surface area contributed by atoms with Gasteiger partial charge in [-0.2, -0.15) is 5.26 Å². The molecule has 188 valence electrons. The van der Waals surface area contributed by atoms with Crippen molar-refractivity contribution < 1.29 is 9.72 Å². The summed E-state index contributed by atoms with van der Waals surface area (Å²) in [4.78, 5) is 31.4. The van der Waals surface area contributed by atoms with Crippen molar-refractivity contribution in [1.29, 1.82) is 5.26 Å². The number of likely N-dealkylation sites (tertiary alicyclic amines) is 1. The van der Waals surface area contributed by atoms with Gasteiger partial charge in [0.15, 0.2) is 0 Å². The lowest BCUT2D eigenvalue weighted by atomic mass is 9.83. The zero-order valence-corrected chi connectivity index (χ0v) is 20.4. The maximum atomic E-state index is 13.5. The number of nitro groups is 1. The maximum Gasteiger partial charge on any atom is 0.269 e. The van der Waals surface area contributed by atoms with Gasteiger partial charge in [-0.15, -0.1) is 0 Å². The van der Waals surface area contributed by atoms with Crippen molar-refractivity contribution in [1.82, 2.24) is 10.2 Å². The molecule has 0 aliphatic carbocycles. The summed E-state index contributed by atoms with van der Waals surface area (Å²) in [5, 5.41) is 24.2. The van der Waals surface area contributed by atoms with E-state index in [1.165, 1.54) is 19.3 Å². The third-order valence-electron chi connectivity index (χ3n) is 7.78. The first-order valence-electron chi connectivity index (χ1n) is 12.8. The zero-order valence-electron chi connectivity index (χ0n) is 20.4. The van der Waals surface area contributed by atoms with Gasteiger partial charge < -0.3 is 20.0 Å². The number of nitrogens with one attached hydrogen (secondary N) is 1. The number of non-ortho nitro benzene ring substituents is 1. The molecular weight excluding hydrogens is 456 g/mol. The van der Waals surface area contributed by atoms with Crippen LogP contribution in [0.4, 0.5) is 17.1 Å². The number of hydrogen-bond acceptors (Lipinski definition) is 7. The first-order chi connectivity index (χ1) is 17.5. The van der Waals surface area contributed by atoms with Crippen LogP contribution in [0, 0.1) is 27.4 Å². The van der Waals surface area contributed by atoms with E-state index in [4.69, 9.17) is 0 Å². The predicted octanol–water partition coefficient (Wildman–Crippen LogP) is 2.94. The van der Waals surface area contributed by atoms with Gasteiger partial charge in [-0.1, -0.05) is 18.6 Å². The molecule has 0 spiro atoms. The van der Waals surface area contributed by atoms with Crippen molar-refractivity contribution in [3.05, 3.63) is 63.7 Å². The number of rotatable bonds is 6. The number of fused-ring (bicyclic) bond motifs is 3. The topological polar surface area (TPSA) is 106 Å². The second kappa shape index (κ2) is 10.5. The Balaban J connectivity index is 1.38. The average molecular weight is 489 g/mol. The molecule has 0 aromatic heterocycles. The summed E-state index contributed by atoms with van der Waals surface area (Å²) in [7, 11) is 0. The molecule has 0 bridgehead atoms. The Morgan fingerprint density at radius 1 is 1.08 bits per heavy atom. The van der Waals surface area contributed by atoms with Gasteiger partial charge in [0.05, 0.1) is 28.1 Å². The van der Waals surface area contributed by atoms with E-state index < -0.39 is 0 Å². The molecular formula is C27H32N6O3. The first kappa shape index (κ1) is 24.1. The van der Waals surface area contributed by atoms with Gasteiger partial charge >= 0.3 is 0 Å². The van der Waals surface area contributed by atoms with Crippen LogP contribution in [0.15, 0.2) is 42.5 Å². The molecule has 5 rings (SSSR count). The van der Waals surface area contributed by atoms with E-state index >= 15 is 0 Å². The van der Waals surface area contributed by atoms with E-state index in [-0.39, 0.29) is 28.5 Å². The van der Waals surface area contributed by atoms with Gasteiger partial charge in [0.2, 0.25) is 5.91 Å². The van der Waals surface area contributed by atoms with E-state index in [1.54, 1.807) is 12.1 Å². The largest absolute Gasteiger partial charge is 0.367 e. The minimum Gasteiger partial charge on any atom is -0.367 e.